The van der Waals surface area contributed by atoms with Crippen LogP contribution in [-0.2, 0) is 10.0 Å². The molecule has 2 fully saturated rings. The number of benzene rings is 1. The van der Waals surface area contributed by atoms with Crippen LogP contribution in [0.25, 0.3) is 0 Å². The fraction of sp³-hybridized carbons (Fsp3) is 0.632. The molecule has 0 amide bonds. The predicted molar refractivity (Wildman–Crippen MR) is 110 cm³/mol. The highest BCUT2D eigenvalue weighted by atomic mass is 32.2. The van der Waals surface area contributed by atoms with Gasteiger partial charge in [-0.2, -0.15) is 0 Å². The van der Waals surface area contributed by atoms with E-state index in [1.165, 1.54) is 45.2 Å². The number of nitrogens with zero attached hydrogens (tertiary/aromatic N) is 2. The van der Waals surface area contributed by atoms with E-state index in [-0.39, 0.29) is 10.7 Å². The second-order valence-corrected chi connectivity index (χ2v) is 9.44. The molecule has 2 saturated carbocycles. The highest BCUT2D eigenvalue weighted by molar-refractivity contribution is 7.89. The summed E-state index contributed by atoms with van der Waals surface area (Å²) in [6.45, 7) is 0. The summed E-state index contributed by atoms with van der Waals surface area (Å²) in [6.07, 6.45) is 10.3. The topological polar surface area (TPSA) is 119 Å². The summed E-state index contributed by atoms with van der Waals surface area (Å²) in [5, 5.41) is 19.8. The van der Waals surface area contributed by atoms with Crippen molar-refractivity contribution < 1.29 is 8.42 Å². The molecule has 0 radical (unpaired) electrons. The molecule has 2 aliphatic carbocycles. The molecule has 1 aromatic rings. The third-order valence-corrected chi connectivity index (χ3v) is 6.95. The van der Waals surface area contributed by atoms with Crippen LogP contribution in [0.5, 0.6) is 0 Å². The van der Waals surface area contributed by atoms with Crippen molar-refractivity contribution in [2.24, 2.45) is 10.3 Å². The first-order chi connectivity index (χ1) is 13.5. The largest absolute Gasteiger partial charge is 0.382 e. The van der Waals surface area contributed by atoms with Crippen molar-refractivity contribution in [2.75, 3.05) is 12.4 Å². The van der Waals surface area contributed by atoms with E-state index in [0.29, 0.717) is 17.6 Å². The summed E-state index contributed by atoms with van der Waals surface area (Å²) in [4.78, 5) is 0.114. The zero-order chi connectivity index (χ0) is 20.0. The Morgan fingerprint density at radius 1 is 1.04 bits per heavy atom. The Hall–Kier alpha value is -2.00. The van der Waals surface area contributed by atoms with E-state index in [1.807, 2.05) is 0 Å². The molecule has 0 aliphatic heterocycles. The van der Waals surface area contributed by atoms with E-state index < -0.39 is 10.0 Å². The van der Waals surface area contributed by atoms with Crippen LogP contribution >= 0.6 is 0 Å². The molecule has 28 heavy (non-hydrogen) atoms. The van der Waals surface area contributed by atoms with Crippen LogP contribution in [0.15, 0.2) is 33.4 Å². The van der Waals surface area contributed by atoms with Gasteiger partial charge >= 0.3 is 0 Å². The Balaban J connectivity index is 1.81. The number of amidine groups is 1. The molecular weight excluding hydrogens is 376 g/mol. The molecular formula is C19H30N6O2S. The van der Waals surface area contributed by atoms with Gasteiger partial charge in [0.15, 0.2) is 5.84 Å². The number of sulfonamides is 1. The van der Waals surface area contributed by atoms with Crippen molar-refractivity contribution in [2.45, 2.75) is 74.8 Å². The van der Waals surface area contributed by atoms with E-state index >= 15 is 0 Å². The fourth-order valence-electron chi connectivity index (χ4n) is 3.87. The number of rotatable bonds is 7. The van der Waals surface area contributed by atoms with Gasteiger partial charge in [-0.15, -0.1) is 5.11 Å². The zero-order valence-corrected chi connectivity index (χ0v) is 17.2. The van der Waals surface area contributed by atoms with Gasteiger partial charge in [0.25, 0.3) is 0 Å². The molecule has 0 unspecified atom stereocenters. The monoisotopic (exact) mass is 406 g/mol. The highest BCUT2D eigenvalue weighted by Crippen LogP contribution is 2.26. The maximum atomic E-state index is 12.2. The van der Waals surface area contributed by atoms with Gasteiger partial charge in [-0.1, -0.05) is 37.3 Å². The van der Waals surface area contributed by atoms with Gasteiger partial charge in [-0.25, -0.2) is 13.1 Å². The SMILES string of the molecule is CNS(=O)(=O)c1ccc(NC2CCCCC2)c(C(=N)/N=N\NC2CCCC2)c1. The third kappa shape index (κ3) is 5.29. The number of hydrogen-bond acceptors (Lipinski definition) is 5. The lowest BCUT2D eigenvalue weighted by molar-refractivity contribution is 0.462. The van der Waals surface area contributed by atoms with Crippen LogP contribution in [-0.4, -0.2) is 33.4 Å². The molecule has 0 aromatic heterocycles. The lowest BCUT2D eigenvalue weighted by atomic mass is 9.95. The minimum Gasteiger partial charge on any atom is -0.382 e. The van der Waals surface area contributed by atoms with Crippen molar-refractivity contribution >= 4 is 21.5 Å². The van der Waals surface area contributed by atoms with E-state index in [1.54, 1.807) is 12.1 Å². The molecule has 0 atom stereocenters. The average molecular weight is 407 g/mol. The van der Waals surface area contributed by atoms with Crippen molar-refractivity contribution in [3.63, 3.8) is 0 Å². The lowest BCUT2D eigenvalue weighted by Gasteiger charge is -2.25. The smallest absolute Gasteiger partial charge is 0.240 e. The second-order valence-electron chi connectivity index (χ2n) is 7.55. The van der Waals surface area contributed by atoms with Crippen LogP contribution < -0.4 is 15.5 Å². The van der Waals surface area contributed by atoms with Crippen molar-refractivity contribution in [3.05, 3.63) is 23.8 Å². The molecule has 0 heterocycles. The first-order valence-electron chi connectivity index (χ1n) is 10.1. The number of anilines is 1. The van der Waals surface area contributed by atoms with Crippen LogP contribution in [0.2, 0.25) is 0 Å². The summed E-state index contributed by atoms with van der Waals surface area (Å²) in [6, 6.07) is 5.42. The molecule has 8 nitrogen and oxygen atoms in total. The summed E-state index contributed by atoms with van der Waals surface area (Å²) < 4.78 is 26.7. The molecule has 9 heteroatoms. The van der Waals surface area contributed by atoms with Gasteiger partial charge in [0.1, 0.15) is 0 Å². The zero-order valence-electron chi connectivity index (χ0n) is 16.4. The van der Waals surface area contributed by atoms with Crippen molar-refractivity contribution in [1.82, 2.24) is 10.1 Å². The summed E-state index contributed by atoms with van der Waals surface area (Å²) >= 11 is 0. The minimum absolute atomic E-state index is 0.0584. The van der Waals surface area contributed by atoms with Gasteiger partial charge < -0.3 is 5.32 Å². The maximum absolute atomic E-state index is 12.2. The summed E-state index contributed by atoms with van der Waals surface area (Å²) in [7, 11) is -2.23. The Labute approximate surface area is 167 Å². The van der Waals surface area contributed by atoms with Crippen LogP contribution in [0.1, 0.15) is 63.4 Å². The Morgan fingerprint density at radius 3 is 2.36 bits per heavy atom. The van der Waals surface area contributed by atoms with Gasteiger partial charge in [0.05, 0.1) is 4.90 Å². The van der Waals surface area contributed by atoms with Crippen molar-refractivity contribution in [3.8, 4) is 0 Å². The molecule has 0 spiro atoms. The van der Waals surface area contributed by atoms with Gasteiger partial charge in [0, 0.05) is 23.3 Å². The van der Waals surface area contributed by atoms with E-state index in [2.05, 4.69) is 25.8 Å². The van der Waals surface area contributed by atoms with Crippen molar-refractivity contribution in [1.29, 1.82) is 5.41 Å². The van der Waals surface area contributed by atoms with E-state index in [9.17, 15) is 8.42 Å². The molecule has 1 aromatic carbocycles. The van der Waals surface area contributed by atoms with Crippen LogP contribution in [0.3, 0.4) is 0 Å². The number of hydrogen-bond donors (Lipinski definition) is 4. The second kappa shape index (κ2) is 9.47. The highest BCUT2D eigenvalue weighted by Gasteiger charge is 2.20. The average Bonchev–Trinajstić information content (AvgIpc) is 3.22. The maximum Gasteiger partial charge on any atom is 0.240 e. The minimum atomic E-state index is -3.60. The molecule has 154 valence electrons. The molecule has 3 rings (SSSR count). The van der Waals surface area contributed by atoms with Gasteiger partial charge in [-0.3, -0.25) is 10.8 Å². The van der Waals surface area contributed by atoms with E-state index in [4.69, 9.17) is 5.41 Å². The van der Waals surface area contributed by atoms with Crippen LogP contribution in [0.4, 0.5) is 5.69 Å². The first kappa shape index (κ1) is 20.7. The normalized spacial score (nSPS) is 19.2. The summed E-state index contributed by atoms with van der Waals surface area (Å²) in [5.41, 5.74) is 4.18. The first-order valence-corrected chi connectivity index (χ1v) is 11.6. The van der Waals surface area contributed by atoms with Gasteiger partial charge in [0.2, 0.25) is 10.0 Å². The fourth-order valence-corrected chi connectivity index (χ4v) is 4.62. The third-order valence-electron chi connectivity index (χ3n) is 5.54. The Morgan fingerprint density at radius 2 is 1.68 bits per heavy atom. The summed E-state index contributed by atoms with van der Waals surface area (Å²) in [5.74, 6) is -0.0584. The molecule has 4 N–H and O–H groups in total. The number of nitrogens with one attached hydrogen (secondary N) is 4. The molecule has 0 saturated heterocycles. The molecule has 2 aliphatic rings. The predicted octanol–water partition coefficient (Wildman–Crippen LogP) is 3.56. The standard InChI is InChI=1S/C19H30N6O2S/c1-21-28(26,27)16-11-12-18(22-14-7-3-2-4-8-14)17(13-16)19(20)24-25-23-15-9-5-6-10-15/h11-15,21-22H,2-10H2,1H3,(H2,20,23,24). The van der Waals surface area contributed by atoms with Gasteiger partial charge in [-0.05, 0) is 50.9 Å². The van der Waals surface area contributed by atoms with E-state index in [0.717, 1.165) is 31.4 Å². The van der Waals surface area contributed by atoms with Crippen LogP contribution in [0, 0.1) is 5.41 Å². The lowest BCUT2D eigenvalue weighted by Crippen LogP contribution is -2.24. The Kier molecular flexibility index (Phi) is 7.01. The Bertz CT molecular complexity index is 812. The molecule has 0 bridgehead atoms. The quantitative estimate of drug-likeness (QED) is 0.239.